The van der Waals surface area contributed by atoms with Crippen molar-refractivity contribution in [3.8, 4) is 0 Å². The van der Waals surface area contributed by atoms with Crippen molar-refractivity contribution in [2.75, 3.05) is 5.32 Å². The lowest BCUT2D eigenvalue weighted by Gasteiger charge is -2.32. The van der Waals surface area contributed by atoms with Crippen molar-refractivity contribution in [2.24, 2.45) is 0 Å². The minimum atomic E-state index is -3.81. The average molecular weight is 351 g/mol. The lowest BCUT2D eigenvalue weighted by molar-refractivity contribution is 0.0788. The molecule has 1 aromatic heterocycles. The van der Waals surface area contributed by atoms with Crippen LogP contribution in [0.3, 0.4) is 0 Å². The number of carbonyl (C=O) groups excluding carboxylic acids is 2. The first-order valence-electron chi connectivity index (χ1n) is 6.72. The zero-order chi connectivity index (χ0) is 16.8. The van der Waals surface area contributed by atoms with Crippen molar-refractivity contribution in [1.29, 1.82) is 0 Å². The Bertz CT molecular complexity index is 904. The predicted molar refractivity (Wildman–Crippen MR) is 85.1 cm³/mol. The number of hydrogen-bond acceptors (Lipinski definition) is 6. The maximum atomic E-state index is 12.5. The quantitative estimate of drug-likeness (QED) is 0.850. The molecule has 3 amide bonds. The van der Waals surface area contributed by atoms with Crippen LogP contribution in [0.2, 0.25) is 0 Å². The van der Waals surface area contributed by atoms with Crippen LogP contribution >= 0.6 is 11.3 Å². The van der Waals surface area contributed by atoms with Gasteiger partial charge in [-0.25, -0.2) is 23.1 Å². The van der Waals surface area contributed by atoms with E-state index in [1.165, 1.54) is 30.4 Å². The summed E-state index contributed by atoms with van der Waals surface area (Å²) in [5, 5.41) is 1.49. The molecule has 0 aliphatic carbocycles. The van der Waals surface area contributed by atoms with Gasteiger partial charge in [-0.2, -0.15) is 0 Å². The van der Waals surface area contributed by atoms with Gasteiger partial charge in [0.2, 0.25) is 9.84 Å². The van der Waals surface area contributed by atoms with Crippen molar-refractivity contribution in [3.05, 3.63) is 40.9 Å². The summed E-state index contributed by atoms with van der Waals surface area (Å²) >= 11 is 1.24. The van der Waals surface area contributed by atoms with Crippen molar-refractivity contribution >= 4 is 38.2 Å². The molecule has 1 atom stereocenters. The third kappa shape index (κ3) is 2.51. The summed E-state index contributed by atoms with van der Waals surface area (Å²) in [7, 11) is -3.81. The van der Waals surface area contributed by atoms with Gasteiger partial charge in [-0.1, -0.05) is 12.1 Å². The molecule has 7 nitrogen and oxygen atoms in total. The second-order valence-corrected chi connectivity index (χ2v) is 8.47. The van der Waals surface area contributed by atoms with Crippen LogP contribution < -0.4 is 5.32 Å². The molecule has 1 aromatic carbocycles. The first kappa shape index (κ1) is 15.6. The first-order chi connectivity index (χ1) is 10.8. The first-order valence-corrected chi connectivity index (χ1v) is 9.08. The fraction of sp³-hybridized carbons (Fsp3) is 0.214. The molecule has 2 heterocycles. The van der Waals surface area contributed by atoms with Gasteiger partial charge in [-0.3, -0.25) is 10.1 Å². The highest BCUT2D eigenvalue weighted by Crippen LogP contribution is 2.30. The number of aromatic nitrogens is 1. The standard InChI is InChI=1S/C14H13N3O4S2/c1-8-7-15-13(22-8)16-14(19)17-9(2)23(20,21)11-6-4-3-5-10(11)12(17)18/h3-7,9H,1-2H3,(H,15,16,19). The van der Waals surface area contributed by atoms with Crippen LogP contribution in [-0.4, -0.2) is 35.6 Å². The summed E-state index contributed by atoms with van der Waals surface area (Å²) < 4.78 is 25.1. The van der Waals surface area contributed by atoms with E-state index in [9.17, 15) is 18.0 Å². The number of imide groups is 1. The molecule has 23 heavy (non-hydrogen) atoms. The van der Waals surface area contributed by atoms with Crippen LogP contribution in [0, 0.1) is 6.92 Å². The molecule has 0 radical (unpaired) electrons. The van der Waals surface area contributed by atoms with Crippen LogP contribution in [0.1, 0.15) is 22.2 Å². The Kier molecular flexibility index (Phi) is 3.69. The second kappa shape index (κ2) is 5.43. The fourth-order valence-electron chi connectivity index (χ4n) is 2.33. The molecular weight excluding hydrogens is 338 g/mol. The van der Waals surface area contributed by atoms with Crippen LogP contribution in [0.15, 0.2) is 35.4 Å². The third-order valence-electron chi connectivity index (χ3n) is 3.51. The van der Waals surface area contributed by atoms with E-state index >= 15 is 0 Å². The molecule has 120 valence electrons. The number of anilines is 1. The number of fused-ring (bicyclic) bond motifs is 1. The largest absolute Gasteiger partial charge is 0.331 e. The summed E-state index contributed by atoms with van der Waals surface area (Å²) in [5.74, 6) is -0.645. The lowest BCUT2D eigenvalue weighted by atomic mass is 10.2. The van der Waals surface area contributed by atoms with E-state index < -0.39 is 27.1 Å². The summed E-state index contributed by atoms with van der Waals surface area (Å²) in [5.41, 5.74) is -0.00364. The molecule has 1 aliphatic heterocycles. The zero-order valence-corrected chi connectivity index (χ0v) is 13.9. The van der Waals surface area contributed by atoms with Crippen molar-refractivity contribution in [2.45, 2.75) is 24.1 Å². The zero-order valence-electron chi connectivity index (χ0n) is 12.3. The van der Waals surface area contributed by atoms with Crippen LogP contribution in [-0.2, 0) is 9.84 Å². The molecule has 2 aromatic rings. The van der Waals surface area contributed by atoms with Gasteiger partial charge in [0.25, 0.3) is 5.91 Å². The number of carbonyl (C=O) groups is 2. The molecule has 0 bridgehead atoms. The van der Waals surface area contributed by atoms with E-state index in [0.717, 1.165) is 4.88 Å². The second-order valence-electron chi connectivity index (χ2n) is 5.02. The molecule has 1 N–H and O–H groups in total. The number of aryl methyl sites for hydroxylation is 1. The molecule has 3 rings (SSSR count). The highest BCUT2D eigenvalue weighted by molar-refractivity contribution is 7.92. The summed E-state index contributed by atoms with van der Waals surface area (Å²) in [6.07, 6.45) is 1.58. The van der Waals surface area contributed by atoms with Gasteiger partial charge in [0.15, 0.2) is 5.13 Å². The van der Waals surface area contributed by atoms with E-state index in [0.29, 0.717) is 10.0 Å². The molecule has 0 fully saturated rings. The van der Waals surface area contributed by atoms with E-state index in [1.807, 2.05) is 6.92 Å². The molecule has 0 spiro atoms. The Morgan fingerprint density at radius 3 is 2.70 bits per heavy atom. The maximum absolute atomic E-state index is 12.5. The average Bonchev–Trinajstić information content (AvgIpc) is 2.91. The number of hydrogen-bond donors (Lipinski definition) is 1. The van der Waals surface area contributed by atoms with Gasteiger partial charge in [0, 0.05) is 11.1 Å². The molecule has 9 heteroatoms. The molecular formula is C14H13N3O4S2. The maximum Gasteiger partial charge on any atom is 0.331 e. The minimum absolute atomic E-state index is 0.00364. The van der Waals surface area contributed by atoms with E-state index in [2.05, 4.69) is 10.3 Å². The van der Waals surface area contributed by atoms with Crippen molar-refractivity contribution in [3.63, 3.8) is 0 Å². The Morgan fingerprint density at radius 2 is 2.04 bits per heavy atom. The minimum Gasteiger partial charge on any atom is -0.283 e. The van der Waals surface area contributed by atoms with E-state index in [4.69, 9.17) is 0 Å². The number of rotatable bonds is 1. The number of nitrogens with zero attached hydrogens (tertiary/aromatic N) is 2. The predicted octanol–water partition coefficient (Wildman–Crippen LogP) is 2.26. The van der Waals surface area contributed by atoms with Gasteiger partial charge in [0.1, 0.15) is 5.37 Å². The van der Waals surface area contributed by atoms with Gasteiger partial charge < -0.3 is 0 Å². The highest BCUT2D eigenvalue weighted by atomic mass is 32.2. The molecule has 0 saturated heterocycles. The lowest BCUT2D eigenvalue weighted by Crippen LogP contribution is -2.52. The topological polar surface area (TPSA) is 96.4 Å². The molecule has 0 saturated carbocycles. The summed E-state index contributed by atoms with van der Waals surface area (Å²) in [6, 6.07) is 5.07. The highest BCUT2D eigenvalue weighted by Gasteiger charge is 2.44. The van der Waals surface area contributed by atoms with Crippen LogP contribution in [0.25, 0.3) is 0 Å². The monoisotopic (exact) mass is 351 g/mol. The van der Waals surface area contributed by atoms with Gasteiger partial charge in [-0.05, 0) is 26.0 Å². The van der Waals surface area contributed by atoms with Gasteiger partial charge in [0.05, 0.1) is 10.5 Å². The van der Waals surface area contributed by atoms with E-state index in [1.54, 1.807) is 18.3 Å². The number of sulfone groups is 1. The Balaban J connectivity index is 2.00. The third-order valence-corrected chi connectivity index (χ3v) is 6.42. The molecule has 1 aliphatic rings. The van der Waals surface area contributed by atoms with Crippen molar-refractivity contribution < 1.29 is 18.0 Å². The van der Waals surface area contributed by atoms with Gasteiger partial charge >= 0.3 is 6.03 Å². The van der Waals surface area contributed by atoms with Crippen molar-refractivity contribution in [1.82, 2.24) is 9.88 Å². The van der Waals surface area contributed by atoms with Gasteiger partial charge in [-0.15, -0.1) is 11.3 Å². The molecule has 1 unspecified atom stereocenters. The van der Waals surface area contributed by atoms with E-state index in [-0.39, 0.29) is 10.5 Å². The Morgan fingerprint density at radius 1 is 1.35 bits per heavy atom. The number of urea groups is 1. The Labute approximate surface area is 136 Å². The Hall–Kier alpha value is -2.26. The summed E-state index contributed by atoms with van der Waals surface area (Å²) in [4.78, 5) is 30.5. The fourth-order valence-corrected chi connectivity index (χ4v) is 4.55. The SMILES string of the molecule is Cc1cnc(NC(=O)N2C(=O)c3ccccc3S(=O)(=O)C2C)s1. The number of nitrogens with one attached hydrogen (secondary N) is 1. The van der Waals surface area contributed by atoms with Crippen LogP contribution in [0.4, 0.5) is 9.93 Å². The summed E-state index contributed by atoms with van der Waals surface area (Å²) in [6.45, 7) is 3.14. The number of benzene rings is 1. The number of amides is 3. The smallest absolute Gasteiger partial charge is 0.283 e. The van der Waals surface area contributed by atoms with Crippen LogP contribution in [0.5, 0.6) is 0 Å². The normalized spacial score (nSPS) is 19.3. The number of thiazole rings is 1.